The first-order valence-electron chi connectivity index (χ1n) is 8.09. The summed E-state index contributed by atoms with van der Waals surface area (Å²) in [4.78, 5) is 3.63. The highest BCUT2D eigenvalue weighted by atomic mass is 32.2. The van der Waals surface area contributed by atoms with Gasteiger partial charge in [0.1, 0.15) is 0 Å². The molecule has 120 valence electrons. The summed E-state index contributed by atoms with van der Waals surface area (Å²) in [6.07, 6.45) is 7.79. The van der Waals surface area contributed by atoms with Crippen LogP contribution in [0.15, 0.2) is 29.3 Å². The smallest absolute Gasteiger partial charge is 0.178 e. The summed E-state index contributed by atoms with van der Waals surface area (Å²) in [5.41, 5.74) is 8.48. The van der Waals surface area contributed by atoms with Crippen molar-refractivity contribution in [3.63, 3.8) is 0 Å². The van der Waals surface area contributed by atoms with E-state index >= 15 is 0 Å². The van der Waals surface area contributed by atoms with E-state index in [9.17, 15) is 8.42 Å². The maximum atomic E-state index is 12.1. The molecule has 1 saturated carbocycles. The SMILES string of the molecule is CCS(=O)(=O)c1ccc2[nH]cc(CC(N)C3CCCC3)c2c1. The fourth-order valence-electron chi connectivity index (χ4n) is 3.49. The monoisotopic (exact) mass is 320 g/mol. The first kappa shape index (κ1) is 15.6. The van der Waals surface area contributed by atoms with Crippen molar-refractivity contribution in [3.05, 3.63) is 30.0 Å². The topological polar surface area (TPSA) is 76.0 Å². The molecule has 3 N–H and O–H groups in total. The van der Waals surface area contributed by atoms with Crippen LogP contribution in [0, 0.1) is 5.92 Å². The van der Waals surface area contributed by atoms with Crippen molar-refractivity contribution in [1.29, 1.82) is 0 Å². The van der Waals surface area contributed by atoms with Crippen LogP contribution in [0.5, 0.6) is 0 Å². The van der Waals surface area contributed by atoms with Gasteiger partial charge in [-0.3, -0.25) is 0 Å². The number of sulfone groups is 1. The lowest BCUT2D eigenvalue weighted by atomic mass is 9.93. The van der Waals surface area contributed by atoms with Gasteiger partial charge in [0.25, 0.3) is 0 Å². The molecule has 1 aromatic carbocycles. The molecule has 1 unspecified atom stereocenters. The number of fused-ring (bicyclic) bond motifs is 1. The fraction of sp³-hybridized carbons (Fsp3) is 0.529. The minimum absolute atomic E-state index is 0.125. The molecule has 0 amide bonds. The van der Waals surface area contributed by atoms with Crippen molar-refractivity contribution < 1.29 is 8.42 Å². The third-order valence-corrected chi connectivity index (χ3v) is 6.67. The molecule has 22 heavy (non-hydrogen) atoms. The van der Waals surface area contributed by atoms with Gasteiger partial charge in [0.05, 0.1) is 10.6 Å². The summed E-state index contributed by atoms with van der Waals surface area (Å²) >= 11 is 0. The quantitative estimate of drug-likeness (QED) is 0.889. The van der Waals surface area contributed by atoms with Crippen LogP contribution in [0.2, 0.25) is 0 Å². The van der Waals surface area contributed by atoms with E-state index in [1.54, 1.807) is 19.1 Å². The average Bonchev–Trinajstić information content (AvgIpc) is 3.17. The van der Waals surface area contributed by atoms with Crippen molar-refractivity contribution in [2.24, 2.45) is 11.7 Å². The van der Waals surface area contributed by atoms with E-state index in [0.717, 1.165) is 22.9 Å². The number of nitrogens with one attached hydrogen (secondary N) is 1. The minimum atomic E-state index is -3.17. The predicted octanol–water partition coefficient (Wildman–Crippen LogP) is 3.02. The number of rotatable bonds is 5. The molecule has 1 aliphatic carbocycles. The summed E-state index contributed by atoms with van der Waals surface area (Å²) in [7, 11) is -3.17. The van der Waals surface area contributed by atoms with Gasteiger partial charge in [-0.1, -0.05) is 19.8 Å². The molecule has 1 atom stereocenters. The van der Waals surface area contributed by atoms with E-state index < -0.39 is 9.84 Å². The van der Waals surface area contributed by atoms with Crippen LogP contribution in [0.3, 0.4) is 0 Å². The van der Waals surface area contributed by atoms with Crippen molar-refractivity contribution >= 4 is 20.7 Å². The van der Waals surface area contributed by atoms with Crippen LogP contribution in [0.25, 0.3) is 10.9 Å². The lowest BCUT2D eigenvalue weighted by Crippen LogP contribution is -2.30. The van der Waals surface area contributed by atoms with Gasteiger partial charge in [0.2, 0.25) is 0 Å². The molecule has 3 rings (SSSR count). The maximum Gasteiger partial charge on any atom is 0.178 e. The number of hydrogen-bond donors (Lipinski definition) is 2. The first-order valence-corrected chi connectivity index (χ1v) is 9.75. The molecule has 1 aromatic heterocycles. The van der Waals surface area contributed by atoms with Crippen LogP contribution in [-0.2, 0) is 16.3 Å². The number of benzene rings is 1. The zero-order chi connectivity index (χ0) is 15.7. The van der Waals surface area contributed by atoms with E-state index in [4.69, 9.17) is 5.73 Å². The number of aromatic amines is 1. The first-order chi connectivity index (χ1) is 10.5. The average molecular weight is 320 g/mol. The molecule has 1 aliphatic rings. The van der Waals surface area contributed by atoms with Gasteiger partial charge in [-0.05, 0) is 48.9 Å². The molecule has 0 spiro atoms. The Balaban J connectivity index is 1.91. The fourth-order valence-corrected chi connectivity index (χ4v) is 4.40. The maximum absolute atomic E-state index is 12.1. The van der Waals surface area contributed by atoms with Gasteiger partial charge in [-0.15, -0.1) is 0 Å². The highest BCUT2D eigenvalue weighted by Gasteiger charge is 2.23. The Bertz CT molecular complexity index is 758. The second-order valence-electron chi connectivity index (χ2n) is 6.34. The number of aromatic nitrogens is 1. The van der Waals surface area contributed by atoms with E-state index in [1.165, 1.54) is 25.7 Å². The molecule has 2 aromatic rings. The third kappa shape index (κ3) is 2.92. The summed E-state index contributed by atoms with van der Waals surface area (Å²) < 4.78 is 24.1. The van der Waals surface area contributed by atoms with Crippen molar-refractivity contribution in [3.8, 4) is 0 Å². The van der Waals surface area contributed by atoms with Crippen molar-refractivity contribution in [2.75, 3.05) is 5.75 Å². The van der Waals surface area contributed by atoms with E-state index in [2.05, 4.69) is 4.98 Å². The lowest BCUT2D eigenvalue weighted by Gasteiger charge is -2.18. The highest BCUT2D eigenvalue weighted by molar-refractivity contribution is 7.91. The van der Waals surface area contributed by atoms with Crippen LogP contribution < -0.4 is 5.73 Å². The van der Waals surface area contributed by atoms with Crippen LogP contribution in [0.1, 0.15) is 38.2 Å². The second kappa shape index (κ2) is 6.05. The molecule has 1 heterocycles. The summed E-state index contributed by atoms with van der Waals surface area (Å²) in [5, 5.41) is 0.989. The van der Waals surface area contributed by atoms with Gasteiger partial charge in [-0.2, -0.15) is 0 Å². The summed E-state index contributed by atoms with van der Waals surface area (Å²) in [6, 6.07) is 5.48. The Kier molecular flexibility index (Phi) is 4.28. The Labute approximate surface area is 132 Å². The molecule has 4 nitrogen and oxygen atoms in total. The Morgan fingerprint density at radius 1 is 1.32 bits per heavy atom. The standard InChI is InChI=1S/C17H24N2O2S/c1-2-22(20,21)14-7-8-17-15(10-14)13(11-19-17)9-16(18)12-5-3-4-6-12/h7-8,10-12,16,19H,2-6,9,18H2,1H3. The molecular weight excluding hydrogens is 296 g/mol. The van der Waals surface area contributed by atoms with E-state index in [1.807, 2.05) is 12.3 Å². The second-order valence-corrected chi connectivity index (χ2v) is 8.62. The Hall–Kier alpha value is -1.33. The Morgan fingerprint density at radius 3 is 2.73 bits per heavy atom. The normalized spacial score (nSPS) is 18.1. The van der Waals surface area contributed by atoms with Crippen LogP contribution in [0.4, 0.5) is 0 Å². The highest BCUT2D eigenvalue weighted by Crippen LogP contribution is 2.30. The van der Waals surface area contributed by atoms with E-state index in [-0.39, 0.29) is 11.8 Å². The summed E-state index contributed by atoms with van der Waals surface area (Å²) in [5.74, 6) is 0.729. The molecule has 0 radical (unpaired) electrons. The molecule has 1 fully saturated rings. The van der Waals surface area contributed by atoms with Crippen LogP contribution >= 0.6 is 0 Å². The minimum Gasteiger partial charge on any atom is -0.361 e. The van der Waals surface area contributed by atoms with Crippen molar-refractivity contribution in [1.82, 2.24) is 4.98 Å². The zero-order valence-electron chi connectivity index (χ0n) is 13.0. The number of hydrogen-bond acceptors (Lipinski definition) is 3. The van der Waals surface area contributed by atoms with Gasteiger partial charge in [-0.25, -0.2) is 8.42 Å². The molecule has 0 saturated heterocycles. The summed E-state index contributed by atoms with van der Waals surface area (Å²) in [6.45, 7) is 1.67. The number of H-pyrrole nitrogens is 1. The van der Waals surface area contributed by atoms with Gasteiger partial charge >= 0.3 is 0 Å². The zero-order valence-corrected chi connectivity index (χ0v) is 13.8. The van der Waals surface area contributed by atoms with Gasteiger partial charge in [0, 0.05) is 23.1 Å². The van der Waals surface area contributed by atoms with Gasteiger partial charge < -0.3 is 10.7 Å². The molecule has 5 heteroatoms. The van der Waals surface area contributed by atoms with Crippen LogP contribution in [-0.4, -0.2) is 25.2 Å². The Morgan fingerprint density at radius 2 is 2.05 bits per heavy atom. The lowest BCUT2D eigenvalue weighted by molar-refractivity contribution is 0.430. The van der Waals surface area contributed by atoms with E-state index in [0.29, 0.717) is 10.8 Å². The van der Waals surface area contributed by atoms with Crippen molar-refractivity contribution in [2.45, 2.75) is 50.0 Å². The van der Waals surface area contributed by atoms with Gasteiger partial charge in [0.15, 0.2) is 9.84 Å². The third-order valence-electron chi connectivity index (χ3n) is 4.94. The molecular formula is C17H24N2O2S. The largest absolute Gasteiger partial charge is 0.361 e. The number of nitrogens with two attached hydrogens (primary N) is 1. The molecule has 0 aliphatic heterocycles. The predicted molar refractivity (Wildman–Crippen MR) is 89.7 cm³/mol. The molecule has 0 bridgehead atoms.